The fraction of sp³-hybridized carbons (Fsp3) is 0.0476. The summed E-state index contributed by atoms with van der Waals surface area (Å²) in [7, 11) is 0. The van der Waals surface area contributed by atoms with Gasteiger partial charge in [-0.25, -0.2) is 20.0 Å². The van der Waals surface area contributed by atoms with E-state index in [2.05, 4.69) is 25.3 Å². The lowest BCUT2D eigenvalue weighted by Gasteiger charge is -2.06. The maximum Gasteiger partial charge on any atom is 0.283 e. The summed E-state index contributed by atoms with van der Waals surface area (Å²) in [6.07, 6.45) is 6.89. The van der Waals surface area contributed by atoms with Crippen LogP contribution >= 0.6 is 0 Å². The van der Waals surface area contributed by atoms with Crippen LogP contribution in [0.1, 0.15) is 0 Å². The van der Waals surface area contributed by atoms with Crippen molar-refractivity contribution in [3.05, 3.63) is 71.5 Å². The highest BCUT2D eigenvalue weighted by Gasteiger charge is 2.07. The fourth-order valence-corrected chi connectivity index (χ4v) is 2.66. The third-order valence-corrected chi connectivity index (χ3v) is 4.03. The van der Waals surface area contributed by atoms with Gasteiger partial charge in [0.1, 0.15) is 12.1 Å². The number of para-hydroxylation sites is 1. The molecule has 0 saturated heterocycles. The molecule has 8 heteroatoms. The third-order valence-electron chi connectivity index (χ3n) is 4.03. The van der Waals surface area contributed by atoms with Crippen LogP contribution in [0.25, 0.3) is 17.1 Å². The second-order valence-electron chi connectivity index (χ2n) is 6.02. The van der Waals surface area contributed by atoms with Crippen LogP contribution in [0.3, 0.4) is 0 Å². The predicted octanol–water partition coefficient (Wildman–Crippen LogP) is 0.981. The topological polar surface area (TPSA) is 106 Å². The minimum Gasteiger partial charge on any atom is -0.484 e. The van der Waals surface area contributed by atoms with Crippen molar-refractivity contribution in [2.24, 2.45) is 9.98 Å². The number of allylic oxidation sites excluding steroid dienone is 1. The number of carbonyl (C=O) groups excluding carboxylic acids is 2. The van der Waals surface area contributed by atoms with Crippen LogP contribution < -0.4 is 20.6 Å². The highest BCUT2D eigenvalue weighted by molar-refractivity contribution is 5.96. The third kappa shape index (κ3) is 4.38. The molecule has 2 aromatic carbocycles. The van der Waals surface area contributed by atoms with Gasteiger partial charge in [-0.1, -0.05) is 18.2 Å². The first-order valence-corrected chi connectivity index (χ1v) is 8.75. The number of aliphatic imine (C=N–C) groups is 1. The maximum absolute atomic E-state index is 11.9. The lowest BCUT2D eigenvalue weighted by molar-refractivity contribution is -0.119. The van der Waals surface area contributed by atoms with Crippen LogP contribution in [0.2, 0.25) is 0 Å². The Hall–Kier alpha value is -4.20. The Morgan fingerprint density at radius 3 is 2.86 bits per heavy atom. The van der Waals surface area contributed by atoms with Gasteiger partial charge in [0.05, 0.1) is 10.9 Å². The van der Waals surface area contributed by atoms with Crippen LogP contribution in [0.4, 0.5) is 5.82 Å². The summed E-state index contributed by atoms with van der Waals surface area (Å²) in [6.45, 7) is -0.237. The van der Waals surface area contributed by atoms with E-state index in [1.807, 2.05) is 24.3 Å². The first-order valence-electron chi connectivity index (χ1n) is 8.75. The Balaban J connectivity index is 1.91. The number of fused-ring (bicyclic) bond motifs is 2. The number of benzene rings is 2. The smallest absolute Gasteiger partial charge is 0.283 e. The second-order valence-corrected chi connectivity index (χ2v) is 6.02. The molecule has 1 aliphatic heterocycles. The molecule has 2 amide bonds. The Labute approximate surface area is 165 Å². The highest BCUT2D eigenvalue weighted by Crippen LogP contribution is 2.25. The molecular formula is C21H15N5O3. The molecule has 1 aromatic heterocycles. The van der Waals surface area contributed by atoms with Crippen molar-refractivity contribution in [1.82, 2.24) is 15.3 Å². The number of amides is 2. The van der Waals surface area contributed by atoms with E-state index in [0.717, 1.165) is 0 Å². The number of rotatable bonds is 0. The van der Waals surface area contributed by atoms with E-state index in [1.165, 1.54) is 24.7 Å². The number of ether oxygens (including phenoxy) is 1. The number of hydrogen-bond donors (Lipinski definition) is 1. The lowest BCUT2D eigenvalue weighted by Crippen LogP contribution is -2.28. The maximum atomic E-state index is 11.9. The molecule has 0 fully saturated rings. The van der Waals surface area contributed by atoms with Crippen LogP contribution in [0.15, 0.2) is 70.9 Å². The van der Waals surface area contributed by atoms with Crippen LogP contribution in [0.5, 0.6) is 5.75 Å². The number of nitrogens with zero attached hydrogens (tertiary/aromatic N) is 4. The number of carbonyl (C=O) groups is 2. The SMILES string of the molecule is O=C1COc2ccc3ncnc(c3c2)/N=c2/cccc/c2=C/NC(=O)/C=C\C=N/1. The zero-order valence-corrected chi connectivity index (χ0v) is 15.1. The molecular weight excluding hydrogens is 370 g/mol. The zero-order valence-electron chi connectivity index (χ0n) is 15.1. The average Bonchev–Trinajstić information content (AvgIpc) is 2.74. The van der Waals surface area contributed by atoms with Crippen molar-refractivity contribution >= 4 is 40.9 Å². The zero-order chi connectivity index (χ0) is 20.1. The van der Waals surface area contributed by atoms with E-state index < -0.39 is 5.91 Å². The first kappa shape index (κ1) is 18.2. The van der Waals surface area contributed by atoms with Crippen LogP contribution in [0, 0.1) is 0 Å². The summed E-state index contributed by atoms with van der Waals surface area (Å²) in [4.78, 5) is 40.7. The van der Waals surface area contributed by atoms with Crippen molar-refractivity contribution in [2.45, 2.75) is 0 Å². The van der Waals surface area contributed by atoms with Gasteiger partial charge in [-0.2, -0.15) is 0 Å². The van der Waals surface area contributed by atoms with E-state index in [0.29, 0.717) is 33.0 Å². The van der Waals surface area contributed by atoms with Crippen molar-refractivity contribution in [1.29, 1.82) is 0 Å². The lowest BCUT2D eigenvalue weighted by atomic mass is 10.2. The molecule has 4 rings (SSSR count). The van der Waals surface area contributed by atoms with Gasteiger partial charge in [0.2, 0.25) is 5.91 Å². The van der Waals surface area contributed by atoms with E-state index in [4.69, 9.17) is 4.74 Å². The minimum atomic E-state index is -0.479. The van der Waals surface area contributed by atoms with E-state index >= 15 is 0 Å². The molecule has 142 valence electrons. The van der Waals surface area contributed by atoms with E-state index in [-0.39, 0.29) is 12.5 Å². The molecule has 1 aliphatic rings. The monoisotopic (exact) mass is 385 g/mol. The summed E-state index contributed by atoms with van der Waals surface area (Å²) in [5.41, 5.74) is 0.687. The Morgan fingerprint density at radius 1 is 1.03 bits per heavy atom. The molecule has 8 nitrogen and oxygen atoms in total. The number of hydrogen-bond acceptors (Lipinski definition) is 6. The molecule has 3 aromatic rings. The summed E-state index contributed by atoms with van der Waals surface area (Å²) >= 11 is 0. The molecule has 0 aliphatic carbocycles. The summed E-state index contributed by atoms with van der Waals surface area (Å²) < 4.78 is 5.53. The number of aromatic nitrogens is 2. The van der Waals surface area contributed by atoms with E-state index in [1.54, 1.807) is 24.4 Å². The van der Waals surface area contributed by atoms with Crippen molar-refractivity contribution < 1.29 is 14.3 Å². The highest BCUT2D eigenvalue weighted by atomic mass is 16.5. The van der Waals surface area contributed by atoms with Gasteiger partial charge in [0, 0.05) is 29.1 Å². The Morgan fingerprint density at radius 2 is 1.93 bits per heavy atom. The van der Waals surface area contributed by atoms with Crippen LogP contribution in [-0.2, 0) is 9.59 Å². The quantitative estimate of drug-likeness (QED) is 0.621. The van der Waals surface area contributed by atoms with Gasteiger partial charge in [0.25, 0.3) is 5.91 Å². The molecule has 0 unspecified atom stereocenters. The second kappa shape index (κ2) is 8.22. The van der Waals surface area contributed by atoms with Crippen LogP contribution in [-0.4, -0.2) is 34.6 Å². The van der Waals surface area contributed by atoms with Gasteiger partial charge < -0.3 is 10.1 Å². The summed E-state index contributed by atoms with van der Waals surface area (Å²) in [5, 5.41) is 4.67. The van der Waals surface area contributed by atoms with Gasteiger partial charge >= 0.3 is 0 Å². The molecule has 2 bridgehead atoms. The summed E-state index contributed by atoms with van der Waals surface area (Å²) in [6, 6.07) is 12.6. The standard InChI is InChI=1S/C21H15N5O3/c27-19-6-3-9-22-20(28)12-29-15-7-8-18-16(10-15)21(25-13-24-18)26-17-5-2-1-4-14(17)11-23-19/h1-11,13H,12H2,(H,23,27)/b6-3-,14-11-,22-9-,26-17-. The van der Waals surface area contributed by atoms with Gasteiger partial charge in [-0.3, -0.25) is 9.59 Å². The molecule has 2 heterocycles. The fourth-order valence-electron chi connectivity index (χ4n) is 2.66. The minimum absolute atomic E-state index is 0.237. The molecule has 1 N–H and O–H groups in total. The Kier molecular flexibility index (Phi) is 5.15. The molecule has 0 spiro atoms. The van der Waals surface area contributed by atoms with Gasteiger partial charge in [-0.15, -0.1) is 0 Å². The van der Waals surface area contributed by atoms with E-state index in [9.17, 15) is 9.59 Å². The van der Waals surface area contributed by atoms with Gasteiger partial charge in [0.15, 0.2) is 12.4 Å². The van der Waals surface area contributed by atoms with Crippen molar-refractivity contribution in [2.75, 3.05) is 6.61 Å². The average molecular weight is 385 g/mol. The summed E-state index contributed by atoms with van der Waals surface area (Å²) in [5.74, 6) is 0.0769. The van der Waals surface area contributed by atoms with Gasteiger partial charge in [-0.05, 0) is 30.3 Å². The van der Waals surface area contributed by atoms with Crippen molar-refractivity contribution in [3.63, 3.8) is 0 Å². The number of nitrogens with one attached hydrogen (secondary N) is 1. The largest absolute Gasteiger partial charge is 0.484 e. The molecule has 0 saturated carbocycles. The van der Waals surface area contributed by atoms with Crippen molar-refractivity contribution in [3.8, 4) is 5.75 Å². The Bertz CT molecular complexity index is 1280. The molecule has 0 atom stereocenters. The normalized spacial score (nSPS) is 18.9. The molecule has 0 radical (unpaired) electrons. The molecule has 29 heavy (non-hydrogen) atoms. The predicted molar refractivity (Wildman–Crippen MR) is 107 cm³/mol. The first-order chi connectivity index (χ1) is 14.2.